The van der Waals surface area contributed by atoms with Crippen LogP contribution in [0.2, 0.25) is 0 Å². The Balaban J connectivity index is 0.000000406. The van der Waals surface area contributed by atoms with E-state index >= 15 is 0 Å². The second-order valence-corrected chi connectivity index (χ2v) is 14.6. The van der Waals surface area contributed by atoms with Crippen molar-refractivity contribution in [2.45, 2.75) is 59.1 Å². The number of benzene rings is 5. The summed E-state index contributed by atoms with van der Waals surface area (Å²) in [5, 5.41) is 10.9. The van der Waals surface area contributed by atoms with Gasteiger partial charge in [0, 0.05) is 53.0 Å². The smallest absolute Gasteiger partial charge is 0.128 e. The number of rotatable bonds is 5. The van der Waals surface area contributed by atoms with Gasteiger partial charge in [0.15, 0.2) is 0 Å². The van der Waals surface area contributed by atoms with Crippen LogP contribution in [0.5, 0.6) is 0 Å². The second-order valence-electron chi connectivity index (χ2n) is 14.6. The van der Waals surface area contributed by atoms with Crippen LogP contribution in [0.1, 0.15) is 78.6 Å². The van der Waals surface area contributed by atoms with Crippen LogP contribution >= 0.6 is 0 Å². The largest absolute Gasteiger partial charge is 0.500 e. The molecule has 0 bridgehead atoms. The SMILES string of the molecule is [2H]c1cc(C2([2H])CCC(C)(C)CC2)cc(C([2H])([2H])[2H])c1-c1cc(-c2[c-]ccc3c2oc2c(-c4ccc(C#N)cc4)cccc23)ncc1C([2H])([2H])[2H].[Ir].[c-]1ccccc1-c1ccccn1. The van der Waals surface area contributed by atoms with Gasteiger partial charge in [-0.1, -0.05) is 91.5 Å². The molecule has 0 aliphatic heterocycles. The van der Waals surface area contributed by atoms with E-state index < -0.39 is 19.6 Å². The maximum atomic E-state index is 9.32. The first-order valence-corrected chi connectivity index (χ1v) is 18.4. The van der Waals surface area contributed by atoms with Crippen LogP contribution in [0.25, 0.3) is 66.7 Å². The summed E-state index contributed by atoms with van der Waals surface area (Å²) < 4.78 is 75.7. The molecular weight excluding hydrogens is 863 g/mol. The van der Waals surface area contributed by atoms with Gasteiger partial charge >= 0.3 is 0 Å². The number of furan rings is 1. The number of aryl methyl sites for hydroxylation is 2. The zero-order valence-corrected chi connectivity index (χ0v) is 33.4. The zero-order chi connectivity index (χ0) is 44.7. The Morgan fingerprint density at radius 2 is 1.59 bits per heavy atom. The van der Waals surface area contributed by atoms with E-state index in [1.807, 2.05) is 78.9 Å². The van der Waals surface area contributed by atoms with Crippen molar-refractivity contribution < 1.29 is 35.5 Å². The van der Waals surface area contributed by atoms with Gasteiger partial charge < -0.3 is 14.4 Å². The van der Waals surface area contributed by atoms with Gasteiger partial charge in [-0.25, -0.2) is 0 Å². The Morgan fingerprint density at radius 3 is 2.32 bits per heavy atom. The fourth-order valence-electron chi connectivity index (χ4n) is 7.22. The summed E-state index contributed by atoms with van der Waals surface area (Å²) in [4.78, 5) is 8.76. The fraction of sp³-hybridized carbons (Fsp3) is 0.196. The van der Waals surface area contributed by atoms with Crippen LogP contribution in [-0.4, -0.2) is 9.97 Å². The predicted octanol–water partition coefficient (Wildman–Crippen LogP) is 13.5. The van der Waals surface area contributed by atoms with Crippen LogP contribution in [0.15, 0.2) is 138 Å². The molecule has 279 valence electrons. The van der Waals surface area contributed by atoms with Gasteiger partial charge in [-0.2, -0.15) is 5.26 Å². The minimum Gasteiger partial charge on any atom is -0.500 e. The van der Waals surface area contributed by atoms with E-state index in [0.29, 0.717) is 46.4 Å². The third kappa shape index (κ3) is 8.00. The minimum absolute atomic E-state index is 0. The first-order valence-electron chi connectivity index (χ1n) is 22.4. The maximum Gasteiger partial charge on any atom is 0.128 e. The van der Waals surface area contributed by atoms with Crippen molar-refractivity contribution in [2.24, 2.45) is 5.41 Å². The van der Waals surface area contributed by atoms with E-state index in [9.17, 15) is 8.00 Å². The first-order chi connectivity index (χ1) is 30.0. The number of hydrogen-bond donors (Lipinski definition) is 0. The average Bonchev–Trinajstić information content (AvgIpc) is 3.67. The van der Waals surface area contributed by atoms with Crippen molar-refractivity contribution in [1.29, 1.82) is 5.26 Å². The third-order valence-corrected chi connectivity index (χ3v) is 10.4. The fourth-order valence-corrected chi connectivity index (χ4v) is 7.22. The van der Waals surface area contributed by atoms with Crippen molar-refractivity contribution in [3.8, 4) is 50.8 Å². The van der Waals surface area contributed by atoms with Crippen LogP contribution in [0, 0.1) is 42.6 Å². The average molecular weight is 914 g/mol. The van der Waals surface area contributed by atoms with Gasteiger partial charge in [-0.3, -0.25) is 0 Å². The van der Waals surface area contributed by atoms with Gasteiger partial charge in [0.2, 0.25) is 0 Å². The van der Waals surface area contributed by atoms with Crippen molar-refractivity contribution >= 4 is 21.9 Å². The standard InChI is InChI=1S/C40H35N2O.C11H8N.Ir/c1-25-21-30(28-17-19-40(3,4)20-18-28)15-16-31(25)36-22-37(42-24-26(36)2)35-10-6-9-34-33-8-5-7-32(38(33)43-39(34)35)29-13-11-27(23-41)12-14-29;1-2-6-10(7-3-1)11-8-4-5-9-12-11;/h5-9,11-16,21-22,24,28H,17-20H2,1-4H3;1-6,8-9H;/q2*-1;/i1D3,2D3,16D,28D;;. The van der Waals surface area contributed by atoms with Gasteiger partial charge in [0.25, 0.3) is 0 Å². The van der Waals surface area contributed by atoms with Crippen LogP contribution in [0.4, 0.5) is 0 Å². The van der Waals surface area contributed by atoms with Crippen LogP contribution < -0.4 is 0 Å². The molecule has 8 aromatic rings. The van der Waals surface area contributed by atoms with Crippen LogP contribution in [0.3, 0.4) is 0 Å². The molecule has 56 heavy (non-hydrogen) atoms. The molecule has 1 aliphatic carbocycles. The molecule has 0 spiro atoms. The number of aromatic nitrogens is 2. The molecule has 1 saturated carbocycles. The van der Waals surface area contributed by atoms with Crippen molar-refractivity contribution in [2.75, 3.05) is 0 Å². The summed E-state index contributed by atoms with van der Waals surface area (Å²) in [6, 6.07) is 43.2. The Hall–Kier alpha value is -5.66. The molecule has 1 fully saturated rings. The number of nitrogens with zero attached hydrogens (tertiary/aromatic N) is 3. The Kier molecular flexibility index (Phi) is 8.78. The van der Waals surface area contributed by atoms with E-state index in [4.69, 9.17) is 12.6 Å². The molecule has 3 aromatic heterocycles. The number of hydrogen-bond acceptors (Lipinski definition) is 4. The molecule has 9 rings (SSSR count). The van der Waals surface area contributed by atoms with E-state index in [0.717, 1.165) is 46.0 Å². The topological polar surface area (TPSA) is 62.7 Å². The summed E-state index contributed by atoms with van der Waals surface area (Å²) in [6.07, 6.45) is 5.67. The number of para-hydroxylation sites is 1. The summed E-state index contributed by atoms with van der Waals surface area (Å²) in [7, 11) is 0. The Morgan fingerprint density at radius 1 is 0.786 bits per heavy atom. The summed E-state index contributed by atoms with van der Waals surface area (Å²) in [5.41, 5.74) is 6.28. The predicted molar refractivity (Wildman–Crippen MR) is 224 cm³/mol. The van der Waals surface area contributed by atoms with Crippen molar-refractivity contribution in [1.82, 2.24) is 9.97 Å². The molecule has 0 amide bonds. The molecule has 1 radical (unpaired) electrons. The molecule has 5 heteroatoms. The first kappa shape index (κ1) is 29.6. The summed E-state index contributed by atoms with van der Waals surface area (Å²) >= 11 is 0. The summed E-state index contributed by atoms with van der Waals surface area (Å²) in [6.45, 7) is -1.05. The molecular formula is C51H43IrN3O-2. The van der Waals surface area contributed by atoms with E-state index in [1.165, 1.54) is 24.4 Å². The van der Waals surface area contributed by atoms with Gasteiger partial charge in [-0.05, 0) is 114 Å². The molecule has 1 aliphatic rings. The molecule has 0 saturated heterocycles. The van der Waals surface area contributed by atoms with Crippen LogP contribution in [-0.2, 0) is 20.1 Å². The molecule has 3 heterocycles. The minimum atomic E-state index is -2.70. The number of pyridine rings is 2. The quantitative estimate of drug-likeness (QED) is 0.161. The molecule has 0 unspecified atom stereocenters. The van der Waals surface area contributed by atoms with Crippen molar-refractivity contribution in [3.05, 3.63) is 168 Å². The van der Waals surface area contributed by atoms with Gasteiger partial charge in [-0.15, -0.1) is 54.1 Å². The van der Waals surface area contributed by atoms with Gasteiger partial charge in [0.1, 0.15) is 5.58 Å². The monoisotopic (exact) mass is 914 g/mol. The summed E-state index contributed by atoms with van der Waals surface area (Å²) in [5.74, 6) is -1.05. The second kappa shape index (κ2) is 16.6. The molecule has 0 atom stereocenters. The Labute approximate surface area is 354 Å². The Bertz CT molecular complexity index is 2950. The van der Waals surface area contributed by atoms with E-state index in [1.54, 1.807) is 24.4 Å². The maximum absolute atomic E-state index is 9.32. The third-order valence-electron chi connectivity index (χ3n) is 10.4. The van der Waals surface area contributed by atoms with Gasteiger partial charge in [0.05, 0.1) is 18.6 Å². The zero-order valence-electron chi connectivity index (χ0n) is 39.0. The molecule has 4 nitrogen and oxygen atoms in total. The number of fused-ring (bicyclic) bond motifs is 3. The van der Waals surface area contributed by atoms with E-state index in [-0.39, 0.29) is 53.8 Å². The molecule has 0 N–H and O–H groups in total. The normalized spacial score (nSPS) is 16.8. The van der Waals surface area contributed by atoms with E-state index in [2.05, 4.69) is 42.0 Å². The number of nitriles is 1. The molecule has 5 aromatic carbocycles. The van der Waals surface area contributed by atoms with Crippen molar-refractivity contribution in [3.63, 3.8) is 0 Å².